The van der Waals surface area contributed by atoms with E-state index in [0.29, 0.717) is 9.68 Å². The molecule has 27 heavy (non-hydrogen) atoms. The molecule has 2 saturated heterocycles. The van der Waals surface area contributed by atoms with E-state index in [-0.39, 0.29) is 10.0 Å². The molecule has 0 N–H and O–H groups in total. The van der Waals surface area contributed by atoms with Crippen LogP contribution in [0.5, 0.6) is 0 Å². The molecule has 0 radical (unpaired) electrons. The molecular weight excluding hydrogens is 365 g/mol. The van der Waals surface area contributed by atoms with E-state index in [1.165, 1.54) is 27.0 Å². The molecule has 0 saturated carbocycles. The number of carbonyl (C=O) groups excluding carboxylic acids is 1. The topological polar surface area (TPSA) is 64.1 Å². The number of piperazine rings is 1. The van der Waals surface area contributed by atoms with Gasteiger partial charge in [0.25, 0.3) is 0 Å². The van der Waals surface area contributed by atoms with Crippen LogP contribution >= 0.6 is 11.3 Å². The molecule has 2 aliphatic rings. The van der Waals surface area contributed by atoms with Crippen molar-refractivity contribution >= 4 is 34.5 Å². The maximum atomic E-state index is 12.8. The van der Waals surface area contributed by atoms with E-state index in [1.807, 2.05) is 27.7 Å². The smallest absolute Gasteiger partial charge is 0.444 e. The molecule has 3 heterocycles. The third-order valence-electron chi connectivity index (χ3n) is 4.31. The van der Waals surface area contributed by atoms with Crippen LogP contribution in [0.2, 0.25) is 0 Å². The molecule has 7 nitrogen and oxygen atoms in total. The second-order valence-electron chi connectivity index (χ2n) is 8.23. The SMILES string of the molecule is [2H]C1([2H])N(C(=O)OC(C)(C)C)C([2H])([2H])C([2H])([2H])N(c2ncc(B3OC(C)(C)C(C)(C)O3)s2)C1([2H])[2H]. The van der Waals surface area contributed by atoms with Crippen LogP contribution in [0.25, 0.3) is 0 Å². The Labute approximate surface area is 177 Å². The van der Waals surface area contributed by atoms with E-state index in [4.69, 9.17) is 25.0 Å². The monoisotopic (exact) mass is 403 g/mol. The quantitative estimate of drug-likeness (QED) is 0.707. The predicted octanol–water partition coefficient (Wildman–Crippen LogP) is 2.50. The zero-order valence-corrected chi connectivity index (χ0v) is 17.4. The van der Waals surface area contributed by atoms with Crippen LogP contribution in [0.15, 0.2) is 6.20 Å². The number of hydrogen-bond acceptors (Lipinski definition) is 7. The second kappa shape index (κ2) is 6.94. The van der Waals surface area contributed by atoms with Gasteiger partial charge >= 0.3 is 13.2 Å². The molecule has 0 spiro atoms. The normalized spacial score (nSPS) is 34.1. The lowest BCUT2D eigenvalue weighted by Gasteiger charge is -2.35. The summed E-state index contributed by atoms with van der Waals surface area (Å²) in [5.41, 5.74) is -2.52. The van der Waals surface area contributed by atoms with Crippen LogP contribution < -0.4 is 9.68 Å². The van der Waals surface area contributed by atoms with Gasteiger partial charge in [-0.25, -0.2) is 9.78 Å². The van der Waals surface area contributed by atoms with Gasteiger partial charge in [-0.1, -0.05) is 0 Å². The summed E-state index contributed by atoms with van der Waals surface area (Å²) in [4.78, 5) is 17.0. The first-order valence-corrected chi connectivity index (χ1v) is 9.37. The van der Waals surface area contributed by atoms with Gasteiger partial charge in [-0.05, 0) is 48.5 Å². The lowest BCUT2D eigenvalue weighted by molar-refractivity contribution is 0.00578. The van der Waals surface area contributed by atoms with Gasteiger partial charge in [0.2, 0.25) is 0 Å². The Hall–Kier alpha value is -1.32. The highest BCUT2D eigenvalue weighted by Gasteiger charge is 2.52. The first-order valence-electron chi connectivity index (χ1n) is 12.6. The highest BCUT2D eigenvalue weighted by Crippen LogP contribution is 2.37. The number of rotatable bonds is 2. The van der Waals surface area contributed by atoms with Crippen LogP contribution in [-0.2, 0) is 14.0 Å². The van der Waals surface area contributed by atoms with E-state index in [9.17, 15) is 4.79 Å². The fraction of sp³-hybridized carbons (Fsp3) is 0.778. The average Bonchev–Trinajstić information content (AvgIpc) is 3.13. The molecule has 0 aromatic carbocycles. The van der Waals surface area contributed by atoms with Crippen molar-refractivity contribution in [3.05, 3.63) is 6.20 Å². The van der Waals surface area contributed by atoms with Crippen LogP contribution in [0.1, 0.15) is 59.4 Å². The zero-order valence-electron chi connectivity index (χ0n) is 24.5. The van der Waals surface area contributed by atoms with Crippen molar-refractivity contribution in [2.24, 2.45) is 0 Å². The summed E-state index contributed by atoms with van der Waals surface area (Å²) < 4.78 is 85.1. The number of aromatic nitrogens is 1. The molecule has 2 fully saturated rings. The molecule has 1 aromatic heterocycles. The average molecular weight is 403 g/mol. The lowest BCUT2D eigenvalue weighted by atomic mass is 9.89. The van der Waals surface area contributed by atoms with Gasteiger partial charge in [0.05, 0.1) is 26.9 Å². The van der Waals surface area contributed by atoms with Crippen LogP contribution in [0.3, 0.4) is 0 Å². The van der Waals surface area contributed by atoms with Crippen LogP contribution in [0.4, 0.5) is 9.93 Å². The van der Waals surface area contributed by atoms with Crippen LogP contribution in [0, 0.1) is 0 Å². The van der Waals surface area contributed by atoms with Gasteiger partial charge in [0.1, 0.15) is 5.60 Å². The van der Waals surface area contributed by atoms with Crippen molar-refractivity contribution < 1.29 is 29.8 Å². The van der Waals surface area contributed by atoms with Gasteiger partial charge in [-0.2, -0.15) is 0 Å². The Kier molecular flexibility index (Phi) is 3.16. The summed E-state index contributed by atoms with van der Waals surface area (Å²) in [6.45, 7) is -1.46. The number of ether oxygens (including phenoxy) is 1. The molecule has 150 valence electrons. The van der Waals surface area contributed by atoms with Crippen molar-refractivity contribution in [3.8, 4) is 0 Å². The van der Waals surface area contributed by atoms with Gasteiger partial charge in [0.15, 0.2) is 5.13 Å². The lowest BCUT2D eigenvalue weighted by Crippen LogP contribution is -2.50. The number of nitrogens with zero attached hydrogens (tertiary/aromatic N) is 3. The summed E-state index contributed by atoms with van der Waals surface area (Å²) >= 11 is 0.781. The van der Waals surface area contributed by atoms with E-state index in [0.717, 1.165) is 11.3 Å². The minimum Gasteiger partial charge on any atom is -0.444 e. The maximum Gasteiger partial charge on any atom is 0.507 e. The van der Waals surface area contributed by atoms with Crippen LogP contribution in [-0.4, -0.2) is 65.9 Å². The largest absolute Gasteiger partial charge is 0.507 e. The molecular formula is C18H30BN3O4S. The minimum absolute atomic E-state index is 0.148. The fourth-order valence-electron chi connectivity index (χ4n) is 2.20. The Balaban J connectivity index is 2.07. The van der Waals surface area contributed by atoms with E-state index >= 15 is 0 Å². The van der Waals surface area contributed by atoms with Gasteiger partial charge < -0.3 is 23.8 Å². The first-order chi connectivity index (χ1) is 15.4. The molecule has 0 aliphatic carbocycles. The number of amides is 1. The Morgan fingerprint density at radius 2 is 1.78 bits per heavy atom. The highest BCUT2D eigenvalue weighted by molar-refractivity contribution is 7.25. The van der Waals surface area contributed by atoms with Crippen molar-refractivity contribution in [2.45, 2.75) is 65.3 Å². The first kappa shape index (κ1) is 12.3. The maximum absolute atomic E-state index is 12.8. The molecule has 0 bridgehead atoms. The molecule has 0 atom stereocenters. The van der Waals surface area contributed by atoms with Crippen molar-refractivity contribution in [3.63, 3.8) is 0 Å². The summed E-state index contributed by atoms with van der Waals surface area (Å²) in [7, 11) is -0.889. The number of thiazole rings is 1. The third kappa shape index (κ3) is 4.41. The Morgan fingerprint density at radius 1 is 1.22 bits per heavy atom. The van der Waals surface area contributed by atoms with Gasteiger partial charge in [0, 0.05) is 32.2 Å². The molecule has 1 amide bonds. The second-order valence-corrected chi connectivity index (χ2v) is 9.27. The molecule has 3 rings (SSSR count). The number of carbonyl (C=O) groups is 1. The fourth-order valence-corrected chi connectivity index (χ4v) is 3.00. The third-order valence-corrected chi connectivity index (χ3v) is 5.32. The van der Waals surface area contributed by atoms with Crippen molar-refractivity contribution in [1.82, 2.24) is 9.88 Å². The molecule has 1 aromatic rings. The van der Waals surface area contributed by atoms with E-state index in [1.54, 1.807) is 0 Å². The summed E-state index contributed by atoms with van der Waals surface area (Å²) in [5, 5.41) is -0.346. The minimum atomic E-state index is -3.36. The Morgan fingerprint density at radius 3 is 2.30 bits per heavy atom. The summed E-state index contributed by atoms with van der Waals surface area (Å²) in [6.07, 6.45) is -0.239. The molecule has 2 aliphatic heterocycles. The van der Waals surface area contributed by atoms with Gasteiger partial charge in [-0.15, -0.1) is 11.3 Å². The summed E-state index contributed by atoms with van der Waals surface area (Å²) in [5.74, 6) is 0. The van der Waals surface area contributed by atoms with Crippen molar-refractivity contribution in [2.75, 3.05) is 30.9 Å². The molecule has 0 unspecified atom stereocenters. The summed E-state index contributed by atoms with van der Waals surface area (Å²) in [6, 6.07) is 0. The van der Waals surface area contributed by atoms with E-state index in [2.05, 4.69) is 4.98 Å². The van der Waals surface area contributed by atoms with E-state index < -0.39 is 56.0 Å². The standard InChI is InChI=1S/C18H30BN3O4S/c1-16(2,3)24-15(23)22-10-8-21(9-11-22)14-20-12-13(27-14)19-25-17(4,5)18(6,7)26-19/h12H,8-11H2,1-7H3/i8D2,9D2,10D2,11D2. The molecule has 9 heteroatoms. The Bertz CT molecular complexity index is 970. The predicted molar refractivity (Wildman–Crippen MR) is 108 cm³/mol. The number of anilines is 1. The highest BCUT2D eigenvalue weighted by atomic mass is 32.1. The number of hydrogen-bond donors (Lipinski definition) is 0. The zero-order chi connectivity index (χ0) is 27.2. The van der Waals surface area contributed by atoms with Gasteiger partial charge in [-0.3, -0.25) is 0 Å². The van der Waals surface area contributed by atoms with Crippen molar-refractivity contribution in [1.29, 1.82) is 0 Å².